The summed E-state index contributed by atoms with van der Waals surface area (Å²) < 4.78 is 1.05. The number of nitrogens with zero attached hydrogens (tertiary/aromatic N) is 2. The number of amides is 1. The summed E-state index contributed by atoms with van der Waals surface area (Å²) in [6.45, 7) is 1.81. The SMILES string of the molecule is Cc1[nH]ncc1C(=O)Nc1nc2ccccc2s1. The number of hydrogen-bond donors (Lipinski definition) is 2. The topological polar surface area (TPSA) is 70.7 Å². The van der Waals surface area contributed by atoms with Crippen LogP contribution in [0.4, 0.5) is 5.13 Å². The van der Waals surface area contributed by atoms with E-state index in [0.29, 0.717) is 10.7 Å². The Hall–Kier alpha value is -2.21. The molecule has 0 fully saturated rings. The lowest BCUT2D eigenvalue weighted by molar-refractivity contribution is 0.102. The number of carbonyl (C=O) groups is 1. The molecule has 0 bridgehead atoms. The number of para-hydroxylation sites is 1. The number of nitrogens with one attached hydrogen (secondary N) is 2. The van der Waals surface area contributed by atoms with E-state index in [-0.39, 0.29) is 5.91 Å². The number of H-pyrrole nitrogens is 1. The van der Waals surface area contributed by atoms with Gasteiger partial charge in [-0.05, 0) is 19.1 Å². The summed E-state index contributed by atoms with van der Waals surface area (Å²) in [6.07, 6.45) is 1.51. The average Bonchev–Trinajstić information content (AvgIpc) is 2.94. The number of fused-ring (bicyclic) bond motifs is 1. The minimum atomic E-state index is -0.194. The van der Waals surface area contributed by atoms with Gasteiger partial charge in [-0.3, -0.25) is 15.2 Å². The van der Waals surface area contributed by atoms with Crippen molar-refractivity contribution in [1.82, 2.24) is 15.2 Å². The van der Waals surface area contributed by atoms with Crippen molar-refractivity contribution >= 4 is 32.6 Å². The summed E-state index contributed by atoms with van der Waals surface area (Å²) in [5.74, 6) is -0.194. The zero-order valence-corrected chi connectivity index (χ0v) is 10.4. The minimum Gasteiger partial charge on any atom is -0.298 e. The largest absolute Gasteiger partial charge is 0.298 e. The second kappa shape index (κ2) is 4.23. The summed E-state index contributed by atoms with van der Waals surface area (Å²) in [5, 5.41) is 9.94. The van der Waals surface area contributed by atoms with Gasteiger partial charge in [0.15, 0.2) is 5.13 Å². The average molecular weight is 258 g/mol. The molecule has 1 amide bonds. The molecule has 0 atom stereocenters. The number of aromatic amines is 1. The molecule has 2 aromatic heterocycles. The highest BCUT2D eigenvalue weighted by atomic mass is 32.1. The molecule has 0 aliphatic heterocycles. The molecule has 6 heteroatoms. The van der Waals surface area contributed by atoms with E-state index in [1.165, 1.54) is 17.5 Å². The first-order chi connectivity index (χ1) is 8.74. The third-order valence-electron chi connectivity index (χ3n) is 2.59. The molecule has 3 aromatic rings. The third-order valence-corrected chi connectivity index (χ3v) is 3.54. The zero-order valence-electron chi connectivity index (χ0n) is 9.60. The molecule has 18 heavy (non-hydrogen) atoms. The lowest BCUT2D eigenvalue weighted by Gasteiger charge is -1.98. The van der Waals surface area contributed by atoms with Crippen LogP contribution in [0.3, 0.4) is 0 Å². The van der Waals surface area contributed by atoms with Crippen molar-refractivity contribution in [2.24, 2.45) is 0 Å². The van der Waals surface area contributed by atoms with Crippen LogP contribution in [0.5, 0.6) is 0 Å². The van der Waals surface area contributed by atoms with Gasteiger partial charge in [0.2, 0.25) is 0 Å². The van der Waals surface area contributed by atoms with Crippen LogP contribution in [0.15, 0.2) is 30.5 Å². The molecule has 2 N–H and O–H groups in total. The lowest BCUT2D eigenvalue weighted by atomic mass is 10.2. The van der Waals surface area contributed by atoms with E-state index in [9.17, 15) is 4.79 Å². The summed E-state index contributed by atoms with van der Waals surface area (Å²) >= 11 is 1.46. The molecule has 0 radical (unpaired) electrons. The fourth-order valence-electron chi connectivity index (χ4n) is 1.67. The van der Waals surface area contributed by atoms with Crippen molar-refractivity contribution in [3.63, 3.8) is 0 Å². The monoisotopic (exact) mass is 258 g/mol. The molecule has 0 saturated heterocycles. The van der Waals surface area contributed by atoms with E-state index in [1.807, 2.05) is 24.3 Å². The Morgan fingerprint density at radius 3 is 2.94 bits per heavy atom. The van der Waals surface area contributed by atoms with Crippen molar-refractivity contribution in [3.05, 3.63) is 41.7 Å². The molecule has 0 spiro atoms. The Bertz CT molecular complexity index is 683. The van der Waals surface area contributed by atoms with Gasteiger partial charge in [0, 0.05) is 5.69 Å². The molecule has 5 nitrogen and oxygen atoms in total. The first kappa shape index (κ1) is 10.9. The number of thiazole rings is 1. The van der Waals surface area contributed by atoms with E-state index in [1.54, 1.807) is 6.92 Å². The summed E-state index contributed by atoms with van der Waals surface area (Å²) in [6, 6.07) is 7.77. The van der Waals surface area contributed by atoms with Crippen LogP contribution < -0.4 is 5.32 Å². The Kier molecular flexibility index (Phi) is 2.56. The van der Waals surface area contributed by atoms with E-state index >= 15 is 0 Å². The number of hydrogen-bond acceptors (Lipinski definition) is 4. The fraction of sp³-hybridized carbons (Fsp3) is 0.0833. The van der Waals surface area contributed by atoms with E-state index in [4.69, 9.17) is 0 Å². The number of rotatable bonds is 2. The van der Waals surface area contributed by atoms with E-state index < -0.39 is 0 Å². The Labute approximate surface area is 107 Å². The highest BCUT2D eigenvalue weighted by molar-refractivity contribution is 7.22. The molecule has 0 saturated carbocycles. The van der Waals surface area contributed by atoms with Crippen LogP contribution in [0.1, 0.15) is 16.1 Å². The second-order valence-corrected chi connectivity index (χ2v) is 4.88. The maximum atomic E-state index is 12.0. The van der Waals surface area contributed by atoms with Gasteiger partial charge in [-0.15, -0.1) is 0 Å². The maximum Gasteiger partial charge on any atom is 0.260 e. The molecular formula is C12H10N4OS. The Morgan fingerprint density at radius 1 is 1.39 bits per heavy atom. The van der Waals surface area contributed by atoms with Gasteiger partial charge in [0.25, 0.3) is 5.91 Å². The van der Waals surface area contributed by atoms with Gasteiger partial charge in [0.05, 0.1) is 22.0 Å². The van der Waals surface area contributed by atoms with E-state index in [0.717, 1.165) is 15.9 Å². The van der Waals surface area contributed by atoms with Crippen molar-refractivity contribution in [2.45, 2.75) is 6.92 Å². The van der Waals surface area contributed by atoms with E-state index in [2.05, 4.69) is 20.5 Å². The van der Waals surface area contributed by atoms with Crippen molar-refractivity contribution < 1.29 is 4.79 Å². The van der Waals surface area contributed by atoms with Crippen LogP contribution in [-0.4, -0.2) is 21.1 Å². The van der Waals surface area contributed by atoms with Crippen LogP contribution in [0.25, 0.3) is 10.2 Å². The maximum absolute atomic E-state index is 12.0. The molecule has 2 heterocycles. The first-order valence-corrected chi connectivity index (χ1v) is 6.22. The van der Waals surface area contributed by atoms with Gasteiger partial charge in [0.1, 0.15) is 0 Å². The molecule has 0 unspecified atom stereocenters. The van der Waals surface area contributed by atoms with Gasteiger partial charge < -0.3 is 0 Å². The number of anilines is 1. The first-order valence-electron chi connectivity index (χ1n) is 5.41. The number of aromatic nitrogens is 3. The van der Waals surface area contributed by atoms with Crippen LogP contribution in [0, 0.1) is 6.92 Å². The highest BCUT2D eigenvalue weighted by Crippen LogP contribution is 2.25. The Balaban J connectivity index is 1.88. The molecule has 0 aliphatic rings. The van der Waals surface area contributed by atoms with Crippen LogP contribution >= 0.6 is 11.3 Å². The highest BCUT2D eigenvalue weighted by Gasteiger charge is 2.13. The number of benzene rings is 1. The predicted molar refractivity (Wildman–Crippen MR) is 70.9 cm³/mol. The summed E-state index contributed by atoms with van der Waals surface area (Å²) in [5.41, 5.74) is 2.17. The summed E-state index contributed by atoms with van der Waals surface area (Å²) in [4.78, 5) is 16.3. The standard InChI is InChI=1S/C12H10N4OS/c1-7-8(6-13-16-7)11(17)15-12-14-9-4-2-3-5-10(9)18-12/h2-6H,1H3,(H,13,16)(H,14,15,17). The van der Waals surface area contributed by atoms with Crippen molar-refractivity contribution in [3.8, 4) is 0 Å². The molecule has 90 valence electrons. The minimum absolute atomic E-state index is 0.194. The van der Waals surface area contributed by atoms with Gasteiger partial charge in [-0.25, -0.2) is 4.98 Å². The summed E-state index contributed by atoms with van der Waals surface area (Å²) in [7, 11) is 0. The van der Waals surface area contributed by atoms with Crippen molar-refractivity contribution in [1.29, 1.82) is 0 Å². The normalized spacial score (nSPS) is 10.7. The lowest BCUT2D eigenvalue weighted by Crippen LogP contribution is -2.11. The second-order valence-electron chi connectivity index (χ2n) is 3.85. The van der Waals surface area contributed by atoms with Crippen molar-refractivity contribution in [2.75, 3.05) is 5.32 Å². The third kappa shape index (κ3) is 1.86. The molecular weight excluding hydrogens is 248 g/mol. The number of aryl methyl sites for hydroxylation is 1. The smallest absolute Gasteiger partial charge is 0.260 e. The van der Waals surface area contributed by atoms with Crippen LogP contribution in [0.2, 0.25) is 0 Å². The quantitative estimate of drug-likeness (QED) is 0.742. The van der Waals surface area contributed by atoms with Crippen LogP contribution in [-0.2, 0) is 0 Å². The zero-order chi connectivity index (χ0) is 12.5. The number of carbonyl (C=O) groups excluding carboxylic acids is 1. The molecule has 3 rings (SSSR count). The predicted octanol–water partition coefficient (Wildman–Crippen LogP) is 2.58. The van der Waals surface area contributed by atoms with Gasteiger partial charge in [-0.1, -0.05) is 23.5 Å². The molecule has 1 aromatic carbocycles. The Morgan fingerprint density at radius 2 is 2.22 bits per heavy atom. The van der Waals surface area contributed by atoms with Gasteiger partial charge >= 0.3 is 0 Å². The fourth-order valence-corrected chi connectivity index (χ4v) is 2.53. The van der Waals surface area contributed by atoms with Gasteiger partial charge in [-0.2, -0.15) is 5.10 Å². The molecule has 0 aliphatic carbocycles.